The SMILES string of the molecule is Cc1ccc(F)c(-c2nc(NN)c3ccsc3n2)c1. The zero-order valence-electron chi connectivity index (χ0n) is 10.1. The van der Waals surface area contributed by atoms with E-state index in [1.165, 1.54) is 17.4 Å². The van der Waals surface area contributed by atoms with Crippen LogP contribution in [0.3, 0.4) is 0 Å². The minimum Gasteiger partial charge on any atom is -0.308 e. The van der Waals surface area contributed by atoms with Gasteiger partial charge < -0.3 is 5.43 Å². The fourth-order valence-corrected chi connectivity index (χ4v) is 2.66. The molecular formula is C13H11FN4S. The molecule has 4 nitrogen and oxygen atoms in total. The maximum absolute atomic E-state index is 13.9. The number of nitrogens with two attached hydrogens (primary N) is 1. The summed E-state index contributed by atoms with van der Waals surface area (Å²) in [7, 11) is 0. The second-order valence-electron chi connectivity index (χ2n) is 4.16. The second kappa shape index (κ2) is 4.56. The van der Waals surface area contributed by atoms with E-state index in [1.54, 1.807) is 12.1 Å². The normalized spacial score (nSPS) is 10.9. The van der Waals surface area contributed by atoms with Crippen LogP contribution in [0.4, 0.5) is 10.2 Å². The van der Waals surface area contributed by atoms with E-state index in [1.807, 2.05) is 18.4 Å². The summed E-state index contributed by atoms with van der Waals surface area (Å²) >= 11 is 1.47. The molecule has 0 aliphatic heterocycles. The van der Waals surface area contributed by atoms with Crippen LogP contribution in [0, 0.1) is 12.7 Å². The molecule has 0 aliphatic rings. The number of nitrogen functional groups attached to an aromatic ring is 1. The highest BCUT2D eigenvalue weighted by Crippen LogP contribution is 2.29. The predicted molar refractivity (Wildman–Crippen MR) is 75.4 cm³/mol. The standard InChI is InChI=1S/C13H11FN4S/c1-7-2-3-10(14)9(6-7)11-16-12(18-15)8-4-5-19-13(8)17-11/h2-6H,15H2,1H3,(H,16,17,18). The molecule has 96 valence electrons. The van der Waals surface area contributed by atoms with Gasteiger partial charge in [0.25, 0.3) is 0 Å². The number of nitrogens with one attached hydrogen (secondary N) is 1. The second-order valence-corrected chi connectivity index (χ2v) is 5.06. The zero-order valence-corrected chi connectivity index (χ0v) is 11.0. The molecule has 0 aliphatic carbocycles. The van der Waals surface area contributed by atoms with Crippen molar-refractivity contribution in [2.75, 3.05) is 5.43 Å². The van der Waals surface area contributed by atoms with Crippen LogP contribution in [0.15, 0.2) is 29.6 Å². The van der Waals surface area contributed by atoms with E-state index in [9.17, 15) is 4.39 Å². The molecule has 0 unspecified atom stereocenters. The number of aryl methyl sites for hydroxylation is 1. The summed E-state index contributed by atoms with van der Waals surface area (Å²) in [5.74, 6) is 5.96. The molecule has 6 heteroatoms. The molecule has 2 aromatic heterocycles. The van der Waals surface area contributed by atoms with Crippen molar-refractivity contribution in [3.05, 3.63) is 41.0 Å². The zero-order chi connectivity index (χ0) is 13.4. The summed E-state index contributed by atoms with van der Waals surface area (Å²) in [6, 6.07) is 6.74. The summed E-state index contributed by atoms with van der Waals surface area (Å²) in [6.45, 7) is 1.90. The van der Waals surface area contributed by atoms with E-state index in [-0.39, 0.29) is 5.82 Å². The summed E-state index contributed by atoms with van der Waals surface area (Å²) in [5.41, 5.74) is 3.87. The molecule has 3 aromatic rings. The van der Waals surface area contributed by atoms with Gasteiger partial charge in [-0.2, -0.15) is 0 Å². The third-order valence-electron chi connectivity index (χ3n) is 2.82. The number of halogens is 1. The minimum atomic E-state index is -0.343. The van der Waals surface area contributed by atoms with Gasteiger partial charge in [-0.1, -0.05) is 11.6 Å². The highest BCUT2D eigenvalue weighted by molar-refractivity contribution is 7.16. The van der Waals surface area contributed by atoms with E-state index >= 15 is 0 Å². The summed E-state index contributed by atoms with van der Waals surface area (Å²) in [5, 5.41) is 2.74. The maximum Gasteiger partial charge on any atom is 0.166 e. The number of hydrogen-bond acceptors (Lipinski definition) is 5. The summed E-state index contributed by atoms with van der Waals surface area (Å²) < 4.78 is 13.9. The maximum atomic E-state index is 13.9. The smallest absolute Gasteiger partial charge is 0.166 e. The predicted octanol–water partition coefficient (Wildman–Crippen LogP) is 3.09. The van der Waals surface area contributed by atoms with Crippen LogP contribution in [0.1, 0.15) is 5.56 Å². The molecule has 0 atom stereocenters. The highest BCUT2D eigenvalue weighted by Gasteiger charge is 2.13. The molecule has 0 bridgehead atoms. The van der Waals surface area contributed by atoms with Crippen molar-refractivity contribution < 1.29 is 4.39 Å². The molecule has 0 radical (unpaired) electrons. The van der Waals surface area contributed by atoms with Crippen molar-refractivity contribution >= 4 is 27.4 Å². The first-order valence-electron chi connectivity index (χ1n) is 5.67. The van der Waals surface area contributed by atoms with E-state index in [0.717, 1.165) is 15.8 Å². The Labute approximate surface area is 113 Å². The van der Waals surface area contributed by atoms with Gasteiger partial charge in [-0.25, -0.2) is 20.2 Å². The Hall–Kier alpha value is -2.05. The number of anilines is 1. The first-order valence-corrected chi connectivity index (χ1v) is 6.55. The lowest BCUT2D eigenvalue weighted by molar-refractivity contribution is 0.629. The van der Waals surface area contributed by atoms with E-state index < -0.39 is 0 Å². The first-order chi connectivity index (χ1) is 9.19. The van der Waals surface area contributed by atoms with Crippen molar-refractivity contribution in [3.8, 4) is 11.4 Å². The van der Waals surface area contributed by atoms with Crippen LogP contribution in [0.2, 0.25) is 0 Å². The highest BCUT2D eigenvalue weighted by atomic mass is 32.1. The van der Waals surface area contributed by atoms with Crippen molar-refractivity contribution in [3.63, 3.8) is 0 Å². The molecule has 0 saturated carbocycles. The average molecular weight is 274 g/mol. The molecule has 3 N–H and O–H groups in total. The Bertz CT molecular complexity index is 753. The molecular weight excluding hydrogens is 263 g/mol. The Morgan fingerprint density at radius 2 is 2.11 bits per heavy atom. The minimum absolute atomic E-state index is 0.337. The molecule has 0 saturated heterocycles. The van der Waals surface area contributed by atoms with Gasteiger partial charge in [0.2, 0.25) is 0 Å². The van der Waals surface area contributed by atoms with Gasteiger partial charge in [-0.05, 0) is 30.5 Å². The van der Waals surface area contributed by atoms with Crippen LogP contribution < -0.4 is 11.3 Å². The molecule has 19 heavy (non-hydrogen) atoms. The third kappa shape index (κ3) is 2.05. The fourth-order valence-electron chi connectivity index (χ4n) is 1.90. The van der Waals surface area contributed by atoms with Gasteiger partial charge in [0.05, 0.1) is 10.9 Å². The van der Waals surface area contributed by atoms with E-state index in [2.05, 4.69) is 15.4 Å². The van der Waals surface area contributed by atoms with Crippen molar-refractivity contribution in [1.82, 2.24) is 9.97 Å². The first kappa shape index (κ1) is 12.0. The number of nitrogens with zero attached hydrogens (tertiary/aromatic N) is 2. The number of rotatable bonds is 2. The number of hydrogen-bond donors (Lipinski definition) is 2. The van der Waals surface area contributed by atoms with Crippen molar-refractivity contribution in [1.29, 1.82) is 0 Å². The molecule has 3 rings (SSSR count). The van der Waals surface area contributed by atoms with Gasteiger partial charge in [0.15, 0.2) is 11.6 Å². The van der Waals surface area contributed by atoms with Crippen LogP contribution in [0.25, 0.3) is 21.6 Å². The molecule has 1 aromatic carbocycles. The topological polar surface area (TPSA) is 63.8 Å². The Morgan fingerprint density at radius 1 is 1.26 bits per heavy atom. The van der Waals surface area contributed by atoms with Crippen LogP contribution >= 0.6 is 11.3 Å². The largest absolute Gasteiger partial charge is 0.308 e. The molecule has 0 amide bonds. The number of fused-ring (bicyclic) bond motifs is 1. The Kier molecular flexibility index (Phi) is 2.88. The molecule has 0 fully saturated rings. The monoisotopic (exact) mass is 274 g/mol. The van der Waals surface area contributed by atoms with Crippen molar-refractivity contribution in [2.24, 2.45) is 5.84 Å². The quantitative estimate of drug-likeness (QED) is 0.557. The third-order valence-corrected chi connectivity index (χ3v) is 3.63. The van der Waals surface area contributed by atoms with E-state index in [0.29, 0.717) is 17.2 Å². The average Bonchev–Trinajstić information content (AvgIpc) is 2.88. The summed E-state index contributed by atoms with van der Waals surface area (Å²) in [6.07, 6.45) is 0. The number of hydrazine groups is 1. The number of aromatic nitrogens is 2. The van der Waals surface area contributed by atoms with Crippen LogP contribution in [-0.2, 0) is 0 Å². The van der Waals surface area contributed by atoms with Gasteiger partial charge in [0, 0.05) is 0 Å². The lowest BCUT2D eigenvalue weighted by Gasteiger charge is -2.07. The lowest BCUT2D eigenvalue weighted by Crippen LogP contribution is -2.10. The molecule has 2 heterocycles. The fraction of sp³-hybridized carbons (Fsp3) is 0.0769. The number of benzene rings is 1. The van der Waals surface area contributed by atoms with Gasteiger partial charge in [0.1, 0.15) is 10.6 Å². The Balaban J connectivity index is 2.27. The number of thiophene rings is 1. The molecule has 0 spiro atoms. The van der Waals surface area contributed by atoms with Crippen LogP contribution in [0.5, 0.6) is 0 Å². The summed E-state index contributed by atoms with van der Waals surface area (Å²) in [4.78, 5) is 9.45. The Morgan fingerprint density at radius 3 is 2.89 bits per heavy atom. The van der Waals surface area contributed by atoms with Gasteiger partial charge in [-0.15, -0.1) is 11.3 Å². The van der Waals surface area contributed by atoms with E-state index in [4.69, 9.17) is 5.84 Å². The van der Waals surface area contributed by atoms with Crippen molar-refractivity contribution in [2.45, 2.75) is 6.92 Å². The van der Waals surface area contributed by atoms with Crippen LogP contribution in [-0.4, -0.2) is 9.97 Å². The van der Waals surface area contributed by atoms with Gasteiger partial charge >= 0.3 is 0 Å². The van der Waals surface area contributed by atoms with Gasteiger partial charge in [-0.3, -0.25) is 0 Å². The lowest BCUT2D eigenvalue weighted by atomic mass is 10.1.